The van der Waals surface area contributed by atoms with Crippen LogP contribution in [-0.4, -0.2) is 19.9 Å². The molecule has 0 radical (unpaired) electrons. The van der Waals surface area contributed by atoms with Crippen LogP contribution in [0, 0.1) is 5.92 Å². The van der Waals surface area contributed by atoms with E-state index in [1.807, 2.05) is 0 Å². The highest BCUT2D eigenvalue weighted by molar-refractivity contribution is 5.51. The van der Waals surface area contributed by atoms with Crippen molar-refractivity contribution < 1.29 is 0 Å². The Hall–Kier alpha value is -1.75. The third-order valence-corrected chi connectivity index (χ3v) is 3.01. The lowest BCUT2D eigenvalue weighted by Gasteiger charge is -2.15. The Balaban J connectivity index is 2.22. The van der Waals surface area contributed by atoms with E-state index in [2.05, 4.69) is 33.8 Å². The van der Waals surface area contributed by atoms with Gasteiger partial charge in [0, 0.05) is 12.4 Å². The molecule has 2 unspecified atom stereocenters. The molecule has 0 spiro atoms. The molecule has 5 nitrogen and oxygen atoms in total. The molecule has 2 rings (SSSR count). The summed E-state index contributed by atoms with van der Waals surface area (Å²) in [5.41, 5.74) is 7.74. The Labute approximate surface area is 101 Å². The van der Waals surface area contributed by atoms with Crippen molar-refractivity contribution in [2.24, 2.45) is 11.7 Å². The lowest BCUT2D eigenvalue weighted by molar-refractivity contribution is 0.441. The predicted octanol–water partition coefficient (Wildman–Crippen LogP) is 1.91. The van der Waals surface area contributed by atoms with E-state index in [1.165, 1.54) is 0 Å². The summed E-state index contributed by atoms with van der Waals surface area (Å²) in [4.78, 5) is 15.8. The smallest absolute Gasteiger partial charge is 0.123 e. The van der Waals surface area contributed by atoms with Crippen molar-refractivity contribution in [2.45, 2.75) is 26.3 Å². The molecule has 2 atom stereocenters. The largest absolute Gasteiger partial charge is 0.339 e. The predicted molar refractivity (Wildman–Crippen MR) is 66.0 cm³/mol. The van der Waals surface area contributed by atoms with Crippen LogP contribution >= 0.6 is 0 Å². The van der Waals surface area contributed by atoms with Crippen molar-refractivity contribution in [3.05, 3.63) is 30.6 Å². The third-order valence-electron chi connectivity index (χ3n) is 3.01. The molecule has 0 aliphatic rings. The van der Waals surface area contributed by atoms with E-state index in [-0.39, 0.29) is 6.04 Å². The van der Waals surface area contributed by atoms with E-state index >= 15 is 0 Å². The van der Waals surface area contributed by atoms with Crippen LogP contribution in [0.4, 0.5) is 0 Å². The van der Waals surface area contributed by atoms with Gasteiger partial charge in [-0.1, -0.05) is 20.3 Å². The number of rotatable bonds is 4. The van der Waals surface area contributed by atoms with E-state index in [9.17, 15) is 0 Å². The number of imidazole rings is 1. The summed E-state index contributed by atoms with van der Waals surface area (Å²) < 4.78 is 0. The number of nitrogens with one attached hydrogen (secondary N) is 1. The first-order valence-electron chi connectivity index (χ1n) is 5.79. The van der Waals surface area contributed by atoms with Gasteiger partial charge in [-0.05, 0) is 5.92 Å². The van der Waals surface area contributed by atoms with Crippen LogP contribution in [0.1, 0.15) is 32.1 Å². The Morgan fingerprint density at radius 3 is 2.76 bits per heavy atom. The van der Waals surface area contributed by atoms with Gasteiger partial charge in [0.2, 0.25) is 0 Å². The lowest BCUT2D eigenvalue weighted by Crippen LogP contribution is -2.19. The highest BCUT2D eigenvalue weighted by atomic mass is 15.0. The van der Waals surface area contributed by atoms with Gasteiger partial charge in [0.15, 0.2) is 0 Å². The van der Waals surface area contributed by atoms with Crippen molar-refractivity contribution in [3.8, 4) is 11.4 Å². The lowest BCUT2D eigenvalue weighted by atomic mass is 10.00. The summed E-state index contributed by atoms with van der Waals surface area (Å²) in [5.74, 6) is 1.20. The van der Waals surface area contributed by atoms with E-state index in [1.54, 1.807) is 24.8 Å². The number of aromatic amines is 1. The van der Waals surface area contributed by atoms with E-state index in [0.717, 1.165) is 23.6 Å². The number of H-pyrrole nitrogens is 1. The molecule has 5 heteroatoms. The first-order valence-corrected chi connectivity index (χ1v) is 5.79. The summed E-state index contributed by atoms with van der Waals surface area (Å²) in [6, 6.07) is -0.0644. The second-order valence-electron chi connectivity index (χ2n) is 4.18. The summed E-state index contributed by atoms with van der Waals surface area (Å²) in [6.07, 6.45) is 7.78. The van der Waals surface area contributed by atoms with Gasteiger partial charge in [-0.2, -0.15) is 0 Å². The van der Waals surface area contributed by atoms with Crippen molar-refractivity contribution in [2.75, 3.05) is 0 Å². The van der Waals surface area contributed by atoms with Gasteiger partial charge in [-0.25, -0.2) is 4.98 Å². The molecular formula is C12H17N5. The van der Waals surface area contributed by atoms with Crippen LogP contribution in [0.15, 0.2) is 24.8 Å². The monoisotopic (exact) mass is 231 g/mol. The molecule has 0 aliphatic heterocycles. The number of nitrogens with zero attached hydrogens (tertiary/aromatic N) is 3. The van der Waals surface area contributed by atoms with Gasteiger partial charge >= 0.3 is 0 Å². The van der Waals surface area contributed by atoms with Crippen LogP contribution < -0.4 is 5.73 Å². The van der Waals surface area contributed by atoms with Gasteiger partial charge in [0.25, 0.3) is 0 Å². The van der Waals surface area contributed by atoms with Crippen molar-refractivity contribution in [1.29, 1.82) is 0 Å². The highest BCUT2D eigenvalue weighted by Gasteiger charge is 2.16. The maximum atomic E-state index is 6.11. The maximum absolute atomic E-state index is 6.11. The van der Waals surface area contributed by atoms with Crippen molar-refractivity contribution >= 4 is 0 Å². The van der Waals surface area contributed by atoms with Crippen LogP contribution in [0.5, 0.6) is 0 Å². The first-order chi connectivity index (χ1) is 8.22. The maximum Gasteiger partial charge on any atom is 0.123 e. The summed E-state index contributed by atoms with van der Waals surface area (Å²) >= 11 is 0. The average Bonchev–Trinajstić information content (AvgIpc) is 2.87. The summed E-state index contributed by atoms with van der Waals surface area (Å²) in [6.45, 7) is 4.24. The number of aromatic nitrogens is 4. The van der Waals surface area contributed by atoms with E-state index in [0.29, 0.717) is 5.92 Å². The third kappa shape index (κ3) is 2.50. The molecule has 2 heterocycles. The van der Waals surface area contributed by atoms with Crippen LogP contribution in [-0.2, 0) is 0 Å². The summed E-state index contributed by atoms with van der Waals surface area (Å²) in [7, 11) is 0. The number of nitrogens with two attached hydrogens (primary N) is 1. The molecule has 3 N–H and O–H groups in total. The fraction of sp³-hybridized carbons (Fsp3) is 0.417. The molecule has 90 valence electrons. The summed E-state index contributed by atoms with van der Waals surface area (Å²) in [5, 5.41) is 0. The highest BCUT2D eigenvalue weighted by Crippen LogP contribution is 2.21. The normalized spacial score (nSPS) is 14.5. The van der Waals surface area contributed by atoms with Gasteiger partial charge in [-0.15, -0.1) is 0 Å². The minimum absolute atomic E-state index is 0.0644. The van der Waals surface area contributed by atoms with Crippen molar-refractivity contribution in [1.82, 2.24) is 19.9 Å². The Kier molecular flexibility index (Phi) is 3.49. The van der Waals surface area contributed by atoms with Crippen LogP contribution in [0.2, 0.25) is 0 Å². The minimum Gasteiger partial charge on any atom is -0.339 e. The van der Waals surface area contributed by atoms with Gasteiger partial charge in [0.05, 0.1) is 24.1 Å². The zero-order chi connectivity index (χ0) is 12.3. The van der Waals surface area contributed by atoms with Crippen LogP contribution in [0.3, 0.4) is 0 Å². The Bertz CT molecular complexity index is 465. The molecule has 2 aromatic rings. The van der Waals surface area contributed by atoms with Gasteiger partial charge in [0.1, 0.15) is 11.5 Å². The number of hydrogen-bond donors (Lipinski definition) is 2. The molecule has 2 aromatic heterocycles. The van der Waals surface area contributed by atoms with Crippen molar-refractivity contribution in [3.63, 3.8) is 0 Å². The zero-order valence-electron chi connectivity index (χ0n) is 10.1. The standard InChI is InChI=1S/C12H17N5/c1-3-8(2)11(13)12-16-7-10(17-12)9-6-14-4-5-15-9/h4-8,11H,3,13H2,1-2H3,(H,16,17). The molecule has 0 fully saturated rings. The van der Waals surface area contributed by atoms with E-state index in [4.69, 9.17) is 5.73 Å². The molecule has 0 aliphatic carbocycles. The fourth-order valence-corrected chi connectivity index (χ4v) is 1.60. The average molecular weight is 231 g/mol. The quantitative estimate of drug-likeness (QED) is 0.842. The minimum atomic E-state index is -0.0644. The Morgan fingerprint density at radius 2 is 2.12 bits per heavy atom. The second kappa shape index (κ2) is 5.05. The van der Waals surface area contributed by atoms with Crippen LogP contribution in [0.25, 0.3) is 11.4 Å². The second-order valence-corrected chi connectivity index (χ2v) is 4.18. The fourth-order valence-electron chi connectivity index (χ4n) is 1.60. The number of hydrogen-bond acceptors (Lipinski definition) is 4. The first kappa shape index (κ1) is 11.7. The molecule has 0 aromatic carbocycles. The zero-order valence-corrected chi connectivity index (χ0v) is 10.1. The Morgan fingerprint density at radius 1 is 1.29 bits per heavy atom. The molecule has 17 heavy (non-hydrogen) atoms. The van der Waals surface area contributed by atoms with Gasteiger partial charge < -0.3 is 10.7 Å². The van der Waals surface area contributed by atoms with Gasteiger partial charge in [-0.3, -0.25) is 9.97 Å². The molecule has 0 saturated heterocycles. The topological polar surface area (TPSA) is 80.5 Å². The SMILES string of the molecule is CCC(C)C(N)c1ncc(-c2cnccn2)[nH]1. The molecule has 0 saturated carbocycles. The molecule has 0 bridgehead atoms. The molecular weight excluding hydrogens is 214 g/mol. The molecule has 0 amide bonds. The van der Waals surface area contributed by atoms with E-state index < -0.39 is 0 Å².